The maximum Gasteiger partial charge on any atom is 0.225 e. The van der Waals surface area contributed by atoms with E-state index >= 15 is 0 Å². The lowest BCUT2D eigenvalue weighted by Gasteiger charge is -2.35. The molecule has 3 heterocycles. The number of nitrogens with zero attached hydrogens (tertiary/aromatic N) is 5. The molecule has 1 fully saturated rings. The molecule has 0 N–H and O–H groups in total. The van der Waals surface area contributed by atoms with Gasteiger partial charge in [0.2, 0.25) is 5.91 Å². The molecule has 0 aliphatic carbocycles. The summed E-state index contributed by atoms with van der Waals surface area (Å²) in [5.74, 6) is 1.01. The van der Waals surface area contributed by atoms with Gasteiger partial charge in [-0.1, -0.05) is 13.8 Å². The first-order valence-corrected chi connectivity index (χ1v) is 8.74. The molecule has 0 atom stereocenters. The van der Waals surface area contributed by atoms with Crippen molar-refractivity contribution in [2.75, 3.05) is 26.2 Å². The van der Waals surface area contributed by atoms with Crippen molar-refractivity contribution in [2.24, 2.45) is 5.92 Å². The van der Waals surface area contributed by atoms with Crippen molar-refractivity contribution in [3.05, 3.63) is 29.5 Å². The molecule has 7 heteroatoms. The van der Waals surface area contributed by atoms with Crippen LogP contribution in [-0.4, -0.2) is 56.8 Å². The van der Waals surface area contributed by atoms with Gasteiger partial charge in [0.15, 0.2) is 10.8 Å². The summed E-state index contributed by atoms with van der Waals surface area (Å²) >= 11 is 1.57. The van der Waals surface area contributed by atoms with Crippen LogP contribution in [0.3, 0.4) is 0 Å². The summed E-state index contributed by atoms with van der Waals surface area (Å²) in [4.78, 5) is 29.4. The third-order valence-electron chi connectivity index (χ3n) is 3.87. The zero-order valence-electron chi connectivity index (χ0n) is 13.5. The van der Waals surface area contributed by atoms with E-state index in [1.807, 2.05) is 18.7 Å². The van der Waals surface area contributed by atoms with Crippen LogP contribution < -0.4 is 0 Å². The molecule has 0 saturated carbocycles. The molecule has 0 spiro atoms. The van der Waals surface area contributed by atoms with Crippen LogP contribution in [-0.2, 0) is 11.3 Å². The van der Waals surface area contributed by atoms with Gasteiger partial charge in [0, 0.05) is 56.4 Å². The zero-order valence-corrected chi connectivity index (χ0v) is 14.3. The van der Waals surface area contributed by atoms with Gasteiger partial charge >= 0.3 is 0 Å². The topological polar surface area (TPSA) is 62.2 Å². The molecule has 1 aliphatic rings. The normalized spacial score (nSPS) is 16.0. The Balaban J connectivity index is 1.55. The van der Waals surface area contributed by atoms with E-state index in [1.165, 1.54) is 0 Å². The second-order valence-corrected chi connectivity index (χ2v) is 6.83. The number of piperazine rings is 1. The van der Waals surface area contributed by atoms with Crippen LogP contribution in [0.5, 0.6) is 0 Å². The van der Waals surface area contributed by atoms with Gasteiger partial charge in [-0.05, 0) is 6.07 Å². The van der Waals surface area contributed by atoms with E-state index in [2.05, 4.69) is 25.2 Å². The number of amides is 1. The number of hydrogen-bond acceptors (Lipinski definition) is 6. The van der Waals surface area contributed by atoms with Gasteiger partial charge in [-0.15, -0.1) is 11.3 Å². The summed E-state index contributed by atoms with van der Waals surface area (Å²) in [6.45, 7) is 8.12. The Kier molecular flexibility index (Phi) is 4.97. The molecule has 3 rings (SSSR count). The summed E-state index contributed by atoms with van der Waals surface area (Å²) in [5.41, 5.74) is 1.04. The third kappa shape index (κ3) is 3.92. The summed E-state index contributed by atoms with van der Waals surface area (Å²) in [6, 6.07) is 1.80. The van der Waals surface area contributed by atoms with Crippen molar-refractivity contribution in [1.82, 2.24) is 24.8 Å². The fourth-order valence-electron chi connectivity index (χ4n) is 2.61. The van der Waals surface area contributed by atoms with Gasteiger partial charge in [0.05, 0.1) is 5.69 Å². The van der Waals surface area contributed by atoms with Gasteiger partial charge in [0.25, 0.3) is 0 Å². The fraction of sp³-hybridized carbons (Fsp3) is 0.500. The Bertz CT molecular complexity index is 650. The van der Waals surface area contributed by atoms with Gasteiger partial charge in [-0.3, -0.25) is 9.69 Å². The van der Waals surface area contributed by atoms with Crippen molar-refractivity contribution in [3.63, 3.8) is 0 Å². The van der Waals surface area contributed by atoms with E-state index in [-0.39, 0.29) is 11.8 Å². The van der Waals surface area contributed by atoms with Crippen molar-refractivity contribution in [3.8, 4) is 10.8 Å². The second kappa shape index (κ2) is 7.14. The van der Waals surface area contributed by atoms with Crippen molar-refractivity contribution in [1.29, 1.82) is 0 Å². The number of hydrogen-bond donors (Lipinski definition) is 0. The molecule has 1 saturated heterocycles. The van der Waals surface area contributed by atoms with E-state index in [9.17, 15) is 4.79 Å². The average Bonchev–Trinajstić information content (AvgIpc) is 3.04. The van der Waals surface area contributed by atoms with Crippen molar-refractivity contribution < 1.29 is 4.79 Å². The van der Waals surface area contributed by atoms with Gasteiger partial charge in [-0.25, -0.2) is 15.0 Å². The highest BCUT2D eigenvalue weighted by atomic mass is 32.1. The zero-order chi connectivity index (χ0) is 16.2. The minimum absolute atomic E-state index is 0.0773. The Morgan fingerprint density at radius 2 is 1.91 bits per heavy atom. The maximum absolute atomic E-state index is 12.0. The Morgan fingerprint density at radius 1 is 1.22 bits per heavy atom. The highest BCUT2D eigenvalue weighted by Gasteiger charge is 2.23. The molecule has 1 amide bonds. The van der Waals surface area contributed by atoms with Crippen LogP contribution in [0.2, 0.25) is 0 Å². The van der Waals surface area contributed by atoms with Crippen LogP contribution >= 0.6 is 11.3 Å². The Labute approximate surface area is 140 Å². The molecule has 0 unspecified atom stereocenters. The summed E-state index contributed by atoms with van der Waals surface area (Å²) in [5, 5.41) is 2.92. The standard InChI is InChI=1S/C16H21N5OS/c1-12(2)16(22)21-8-6-20(7-9-21)10-13-11-23-15(19-13)14-17-4-3-5-18-14/h3-5,11-12H,6-10H2,1-2H3. The molecular formula is C16H21N5OS. The number of rotatable bonds is 4. The van der Waals surface area contributed by atoms with Crippen molar-refractivity contribution >= 4 is 17.2 Å². The first-order chi connectivity index (χ1) is 11.1. The predicted molar refractivity (Wildman–Crippen MR) is 89.8 cm³/mol. The lowest BCUT2D eigenvalue weighted by atomic mass is 10.1. The van der Waals surface area contributed by atoms with Crippen LogP contribution in [0.25, 0.3) is 10.8 Å². The third-order valence-corrected chi connectivity index (χ3v) is 4.76. The van der Waals surface area contributed by atoms with Crippen LogP contribution in [0.1, 0.15) is 19.5 Å². The van der Waals surface area contributed by atoms with E-state index in [0.717, 1.165) is 43.4 Å². The number of carbonyl (C=O) groups excluding carboxylic acids is 1. The first-order valence-electron chi connectivity index (χ1n) is 7.86. The quantitative estimate of drug-likeness (QED) is 0.856. The highest BCUT2D eigenvalue weighted by Crippen LogP contribution is 2.20. The molecule has 2 aromatic rings. The number of aromatic nitrogens is 3. The number of carbonyl (C=O) groups is 1. The average molecular weight is 331 g/mol. The Hall–Kier alpha value is -1.86. The minimum atomic E-state index is 0.0773. The molecule has 6 nitrogen and oxygen atoms in total. The van der Waals surface area contributed by atoms with E-state index in [0.29, 0.717) is 5.82 Å². The molecule has 23 heavy (non-hydrogen) atoms. The molecule has 1 aliphatic heterocycles. The largest absolute Gasteiger partial charge is 0.340 e. The van der Waals surface area contributed by atoms with Crippen LogP contribution in [0, 0.1) is 5.92 Å². The van der Waals surface area contributed by atoms with Gasteiger partial charge < -0.3 is 4.90 Å². The van der Waals surface area contributed by atoms with Crippen LogP contribution in [0.15, 0.2) is 23.8 Å². The van der Waals surface area contributed by atoms with E-state index in [1.54, 1.807) is 29.8 Å². The molecule has 0 aromatic carbocycles. The van der Waals surface area contributed by atoms with Crippen LogP contribution in [0.4, 0.5) is 0 Å². The molecular weight excluding hydrogens is 310 g/mol. The predicted octanol–water partition coefficient (Wildman–Crippen LogP) is 1.90. The first kappa shape index (κ1) is 16.0. The maximum atomic E-state index is 12.0. The SMILES string of the molecule is CC(C)C(=O)N1CCN(Cc2csc(-c3ncccn3)n2)CC1. The minimum Gasteiger partial charge on any atom is -0.340 e. The second-order valence-electron chi connectivity index (χ2n) is 5.97. The smallest absolute Gasteiger partial charge is 0.225 e. The van der Waals surface area contributed by atoms with Gasteiger partial charge in [-0.2, -0.15) is 0 Å². The Morgan fingerprint density at radius 3 is 2.57 bits per heavy atom. The summed E-state index contributed by atoms with van der Waals surface area (Å²) < 4.78 is 0. The van der Waals surface area contributed by atoms with Gasteiger partial charge in [0.1, 0.15) is 0 Å². The summed E-state index contributed by atoms with van der Waals surface area (Å²) in [6.07, 6.45) is 3.46. The molecule has 122 valence electrons. The highest BCUT2D eigenvalue weighted by molar-refractivity contribution is 7.13. The van der Waals surface area contributed by atoms with E-state index in [4.69, 9.17) is 0 Å². The lowest BCUT2D eigenvalue weighted by molar-refractivity contribution is -0.136. The lowest BCUT2D eigenvalue weighted by Crippen LogP contribution is -2.49. The number of thiazole rings is 1. The molecule has 0 bridgehead atoms. The summed E-state index contributed by atoms with van der Waals surface area (Å²) in [7, 11) is 0. The fourth-order valence-corrected chi connectivity index (χ4v) is 3.37. The molecule has 2 aromatic heterocycles. The molecule has 0 radical (unpaired) electrons. The van der Waals surface area contributed by atoms with Crippen molar-refractivity contribution in [2.45, 2.75) is 20.4 Å². The van der Waals surface area contributed by atoms with E-state index < -0.39 is 0 Å². The monoisotopic (exact) mass is 331 g/mol.